The van der Waals surface area contributed by atoms with Gasteiger partial charge in [-0.05, 0) is 56.8 Å². The minimum absolute atomic E-state index is 0.000697. The van der Waals surface area contributed by atoms with Crippen molar-refractivity contribution in [2.75, 3.05) is 13.1 Å². The zero-order chi connectivity index (χ0) is 22.8. The van der Waals surface area contributed by atoms with Gasteiger partial charge in [-0.15, -0.1) is 0 Å². The van der Waals surface area contributed by atoms with Crippen molar-refractivity contribution in [1.82, 2.24) is 20.2 Å². The largest absolute Gasteiger partial charge is 0.370 e. The third-order valence-corrected chi connectivity index (χ3v) is 5.31. The van der Waals surface area contributed by atoms with Crippen LogP contribution in [0.5, 0.6) is 0 Å². The van der Waals surface area contributed by atoms with Gasteiger partial charge >= 0.3 is 5.69 Å². The Hall–Kier alpha value is -2.93. The van der Waals surface area contributed by atoms with Gasteiger partial charge in [0.15, 0.2) is 5.96 Å². The highest BCUT2D eigenvalue weighted by Gasteiger charge is 2.07. The highest BCUT2D eigenvalue weighted by atomic mass is 16.1. The quantitative estimate of drug-likeness (QED) is 0.251. The fourth-order valence-corrected chi connectivity index (χ4v) is 3.34. The van der Waals surface area contributed by atoms with Crippen LogP contribution in [0, 0.1) is 18.3 Å². The topological polar surface area (TPSA) is 109 Å². The van der Waals surface area contributed by atoms with Gasteiger partial charge in [0.05, 0.1) is 11.4 Å². The highest BCUT2D eigenvalue weighted by Crippen LogP contribution is 2.18. The molecule has 1 aromatic carbocycles. The van der Waals surface area contributed by atoms with E-state index < -0.39 is 0 Å². The van der Waals surface area contributed by atoms with Crippen molar-refractivity contribution in [3.63, 3.8) is 0 Å². The number of rotatable bonds is 11. The molecule has 5 N–H and O–H groups in total. The van der Waals surface area contributed by atoms with E-state index in [0.29, 0.717) is 12.5 Å². The van der Waals surface area contributed by atoms with Gasteiger partial charge in [-0.1, -0.05) is 44.1 Å². The minimum atomic E-state index is -0.266. The first-order chi connectivity index (χ1) is 14.8. The van der Waals surface area contributed by atoms with Gasteiger partial charge < -0.3 is 16.4 Å². The van der Waals surface area contributed by atoms with Crippen LogP contribution >= 0.6 is 0 Å². The summed E-state index contributed by atoms with van der Waals surface area (Å²) in [7, 11) is 0. The molecule has 0 bridgehead atoms. The molecule has 1 aromatic heterocycles. The molecule has 7 nitrogen and oxygen atoms in total. The maximum atomic E-state index is 12.5. The maximum absolute atomic E-state index is 12.5. The van der Waals surface area contributed by atoms with E-state index in [1.165, 1.54) is 5.57 Å². The molecule has 1 unspecified atom stereocenters. The van der Waals surface area contributed by atoms with Crippen LogP contribution in [0.1, 0.15) is 56.9 Å². The molecule has 0 radical (unpaired) electrons. The lowest BCUT2D eigenvalue weighted by molar-refractivity contribution is 0.559. The average molecular weight is 425 g/mol. The zero-order valence-electron chi connectivity index (χ0n) is 19.2. The fourth-order valence-electron chi connectivity index (χ4n) is 3.34. The van der Waals surface area contributed by atoms with Crippen LogP contribution in [0.4, 0.5) is 0 Å². The number of hydrogen-bond donors (Lipinski definition) is 4. The summed E-state index contributed by atoms with van der Waals surface area (Å²) in [6.45, 7) is 10.7. The summed E-state index contributed by atoms with van der Waals surface area (Å²) < 4.78 is 1.61. The Morgan fingerprint density at radius 1 is 1.29 bits per heavy atom. The van der Waals surface area contributed by atoms with Crippen LogP contribution in [0.25, 0.3) is 11.8 Å². The molecule has 1 atom stereocenters. The third-order valence-electron chi connectivity index (χ3n) is 5.31. The molecule has 0 saturated heterocycles. The lowest BCUT2D eigenvalue weighted by atomic mass is 9.98. The Kier molecular flexibility index (Phi) is 9.46. The van der Waals surface area contributed by atoms with Crippen LogP contribution in [-0.2, 0) is 6.54 Å². The van der Waals surface area contributed by atoms with Gasteiger partial charge in [-0.3, -0.25) is 9.98 Å². The van der Waals surface area contributed by atoms with E-state index >= 15 is 0 Å². The molecule has 168 valence electrons. The van der Waals surface area contributed by atoms with Gasteiger partial charge in [-0.25, -0.2) is 4.79 Å². The predicted molar refractivity (Wildman–Crippen MR) is 129 cm³/mol. The Bertz CT molecular complexity index is 946. The number of aromatic nitrogens is 2. The predicted octanol–water partition coefficient (Wildman–Crippen LogP) is 3.34. The molecule has 7 heteroatoms. The molecule has 2 rings (SSSR count). The molecule has 31 heavy (non-hydrogen) atoms. The Balaban J connectivity index is 2.06. The van der Waals surface area contributed by atoms with Crippen molar-refractivity contribution in [2.45, 2.75) is 53.5 Å². The average Bonchev–Trinajstić information content (AvgIpc) is 2.72. The molecule has 0 amide bonds. The molecule has 2 aromatic rings. The highest BCUT2D eigenvalue weighted by molar-refractivity contribution is 5.74. The number of benzene rings is 1. The number of allylic oxidation sites excluding steroid dienone is 1. The number of nitrogens with zero attached hydrogens (tertiary/aromatic N) is 2. The van der Waals surface area contributed by atoms with Crippen LogP contribution in [-0.4, -0.2) is 28.6 Å². The van der Waals surface area contributed by atoms with Gasteiger partial charge in [0.2, 0.25) is 0 Å². The summed E-state index contributed by atoms with van der Waals surface area (Å²) in [6, 6.07) is 7.94. The number of hydrogen-bond acceptors (Lipinski definition) is 4. The van der Waals surface area contributed by atoms with Crippen LogP contribution in [0.15, 0.2) is 40.8 Å². The second-order valence-corrected chi connectivity index (χ2v) is 8.18. The molecule has 0 saturated carbocycles. The Morgan fingerprint density at radius 2 is 2.00 bits per heavy atom. The number of nitrogens with one attached hydrogen (secondary N) is 3. The van der Waals surface area contributed by atoms with Gasteiger partial charge in [-0.2, -0.15) is 4.98 Å². The minimum Gasteiger partial charge on any atom is -0.370 e. The summed E-state index contributed by atoms with van der Waals surface area (Å²) >= 11 is 0. The molecule has 0 aliphatic heterocycles. The normalized spacial score (nSPS) is 12.6. The lowest BCUT2D eigenvalue weighted by Gasteiger charge is -2.12. The second-order valence-electron chi connectivity index (χ2n) is 8.18. The van der Waals surface area contributed by atoms with Crippen molar-refractivity contribution < 1.29 is 0 Å². The summed E-state index contributed by atoms with van der Waals surface area (Å²) in [5, 5.41) is 13.3. The number of guanidine groups is 1. The van der Waals surface area contributed by atoms with E-state index in [1.807, 2.05) is 37.4 Å². The summed E-state index contributed by atoms with van der Waals surface area (Å²) in [5.41, 5.74) is 9.96. The molecule has 0 spiro atoms. The first-order valence-corrected chi connectivity index (χ1v) is 11.0. The van der Waals surface area contributed by atoms with E-state index in [4.69, 9.17) is 11.1 Å². The standard InChI is InChI=1S/C24H36N6O/c1-5-17(2)13-18(3)14-21-16-30(24(31)29-19(21)4)22-9-7-20(8-10-22)15-27-11-6-12-28-23(25)26/h7-10,14,16-17,27H,5-6,11-13,15H2,1-4H3,(H4,25,26,28)/b18-14-. The zero-order valence-corrected chi connectivity index (χ0v) is 19.2. The van der Waals surface area contributed by atoms with Crippen molar-refractivity contribution in [3.05, 3.63) is 63.3 Å². The Labute approximate surface area is 185 Å². The maximum Gasteiger partial charge on any atom is 0.352 e. The van der Waals surface area contributed by atoms with Gasteiger partial charge in [0.1, 0.15) is 0 Å². The lowest BCUT2D eigenvalue weighted by Crippen LogP contribution is -2.32. The molecule has 0 aliphatic rings. The monoisotopic (exact) mass is 424 g/mol. The van der Waals surface area contributed by atoms with E-state index in [2.05, 4.69) is 42.5 Å². The second kappa shape index (κ2) is 12.1. The molecule has 1 heterocycles. The summed E-state index contributed by atoms with van der Waals surface area (Å²) in [5.74, 6) is 0.641. The first-order valence-electron chi connectivity index (χ1n) is 11.0. The molecular weight excluding hydrogens is 388 g/mol. The number of aryl methyl sites for hydroxylation is 1. The smallest absolute Gasteiger partial charge is 0.352 e. The SMILES string of the molecule is CCC(C)C/C(C)=C\c1cn(-c2ccc(CNCCCNC(=N)N)cc2)c(=O)nc1C. The fraction of sp³-hybridized carbons (Fsp3) is 0.458. The summed E-state index contributed by atoms with van der Waals surface area (Å²) in [4.78, 5) is 16.7. The van der Waals surface area contributed by atoms with Gasteiger partial charge in [0, 0.05) is 24.8 Å². The molecular formula is C24H36N6O. The van der Waals surface area contributed by atoms with E-state index in [0.717, 1.165) is 54.9 Å². The Morgan fingerprint density at radius 3 is 2.65 bits per heavy atom. The molecule has 0 fully saturated rings. The third kappa shape index (κ3) is 8.02. The van der Waals surface area contributed by atoms with E-state index in [1.54, 1.807) is 4.57 Å². The first kappa shape index (κ1) is 24.3. The van der Waals surface area contributed by atoms with Gasteiger partial charge in [0.25, 0.3) is 0 Å². The van der Waals surface area contributed by atoms with Crippen molar-refractivity contribution in [1.29, 1.82) is 5.41 Å². The summed E-state index contributed by atoms with van der Waals surface area (Å²) in [6.07, 6.45) is 7.11. The van der Waals surface area contributed by atoms with Crippen molar-refractivity contribution in [2.24, 2.45) is 11.7 Å². The van der Waals surface area contributed by atoms with Crippen LogP contribution < -0.4 is 22.1 Å². The van der Waals surface area contributed by atoms with E-state index in [9.17, 15) is 4.79 Å². The molecule has 0 aliphatic carbocycles. The van der Waals surface area contributed by atoms with E-state index in [-0.39, 0.29) is 11.6 Å². The van der Waals surface area contributed by atoms with Crippen LogP contribution in [0.3, 0.4) is 0 Å². The van der Waals surface area contributed by atoms with Crippen molar-refractivity contribution in [3.8, 4) is 5.69 Å². The number of nitrogens with two attached hydrogens (primary N) is 1. The van der Waals surface area contributed by atoms with Crippen molar-refractivity contribution >= 4 is 12.0 Å². The van der Waals surface area contributed by atoms with Crippen LogP contribution in [0.2, 0.25) is 0 Å².